The van der Waals surface area contributed by atoms with Crippen molar-refractivity contribution in [2.24, 2.45) is 0 Å². The van der Waals surface area contributed by atoms with Gasteiger partial charge in [-0.1, -0.05) is 15.9 Å². The third kappa shape index (κ3) is 3.13. The van der Waals surface area contributed by atoms with Crippen LogP contribution in [0.2, 0.25) is 0 Å². The molecular weight excluding hydrogens is 340 g/mol. The number of thiophene rings is 1. The van der Waals surface area contributed by atoms with Gasteiger partial charge in [0.25, 0.3) is 5.91 Å². The van der Waals surface area contributed by atoms with Crippen LogP contribution in [0.15, 0.2) is 22.7 Å². The second kappa shape index (κ2) is 6.56. The number of carbonyl (C=O) groups excluding carboxylic acids is 1. The van der Waals surface area contributed by atoms with E-state index in [4.69, 9.17) is 10.5 Å². The van der Waals surface area contributed by atoms with E-state index < -0.39 is 0 Å². The Morgan fingerprint density at radius 3 is 2.95 bits per heavy atom. The van der Waals surface area contributed by atoms with Crippen molar-refractivity contribution in [1.29, 1.82) is 0 Å². The first kappa shape index (κ1) is 15.3. The van der Waals surface area contributed by atoms with Crippen molar-refractivity contribution in [3.05, 3.63) is 27.5 Å². The number of benzene rings is 1. The second-order valence-electron chi connectivity index (χ2n) is 4.56. The summed E-state index contributed by atoms with van der Waals surface area (Å²) in [6.45, 7) is 1.30. The molecule has 1 amide bonds. The van der Waals surface area contributed by atoms with E-state index >= 15 is 0 Å². The number of nitrogen functional groups attached to an aromatic ring is 1. The van der Waals surface area contributed by atoms with Crippen LogP contribution in [0.1, 0.15) is 16.1 Å². The lowest BCUT2D eigenvalue weighted by molar-refractivity contribution is 0.0785. The molecule has 0 atom stereocenters. The Kier molecular flexibility index (Phi) is 5.01. The van der Waals surface area contributed by atoms with Crippen LogP contribution in [0.3, 0.4) is 0 Å². The standard InChI is InChI=1S/C14H17BrN2O2S/c1-17(6-3-7-19-2)14(18)13-12(16)10-8-9(15)4-5-11(10)20-13/h4-5,8H,3,6-7,16H2,1-2H3. The zero-order chi connectivity index (χ0) is 14.7. The smallest absolute Gasteiger partial charge is 0.265 e. The highest BCUT2D eigenvalue weighted by Gasteiger charge is 2.19. The SMILES string of the molecule is COCCCN(C)C(=O)c1sc2ccc(Br)cc2c1N. The average Bonchev–Trinajstić information content (AvgIpc) is 2.75. The maximum atomic E-state index is 12.4. The van der Waals surface area contributed by atoms with Gasteiger partial charge in [0.1, 0.15) is 4.88 Å². The summed E-state index contributed by atoms with van der Waals surface area (Å²) >= 11 is 4.86. The number of hydrogen-bond acceptors (Lipinski definition) is 4. The molecule has 1 aromatic carbocycles. The van der Waals surface area contributed by atoms with Gasteiger partial charge < -0.3 is 15.4 Å². The highest BCUT2D eigenvalue weighted by atomic mass is 79.9. The molecule has 0 aliphatic heterocycles. The van der Waals surface area contributed by atoms with Crippen molar-refractivity contribution in [2.45, 2.75) is 6.42 Å². The molecule has 0 aliphatic carbocycles. The van der Waals surface area contributed by atoms with Gasteiger partial charge in [-0.05, 0) is 24.6 Å². The highest BCUT2D eigenvalue weighted by Crippen LogP contribution is 2.35. The number of ether oxygens (including phenoxy) is 1. The summed E-state index contributed by atoms with van der Waals surface area (Å²) in [6, 6.07) is 5.87. The number of anilines is 1. The number of carbonyl (C=O) groups is 1. The van der Waals surface area contributed by atoms with E-state index in [-0.39, 0.29) is 5.91 Å². The number of halogens is 1. The molecule has 0 aliphatic rings. The van der Waals surface area contributed by atoms with Crippen molar-refractivity contribution >= 4 is 48.9 Å². The van der Waals surface area contributed by atoms with Crippen LogP contribution in [0.25, 0.3) is 10.1 Å². The van der Waals surface area contributed by atoms with Crippen LogP contribution < -0.4 is 5.73 Å². The van der Waals surface area contributed by atoms with Crippen LogP contribution in [0, 0.1) is 0 Å². The van der Waals surface area contributed by atoms with Gasteiger partial charge in [-0.15, -0.1) is 11.3 Å². The lowest BCUT2D eigenvalue weighted by Crippen LogP contribution is -2.28. The van der Waals surface area contributed by atoms with E-state index in [2.05, 4.69) is 15.9 Å². The van der Waals surface area contributed by atoms with E-state index in [1.807, 2.05) is 18.2 Å². The first-order valence-corrected chi connectivity index (χ1v) is 7.87. The molecule has 2 N–H and O–H groups in total. The highest BCUT2D eigenvalue weighted by molar-refractivity contribution is 9.10. The molecule has 0 saturated heterocycles. The molecule has 1 heterocycles. The molecule has 2 aromatic rings. The first-order valence-electron chi connectivity index (χ1n) is 6.26. The Morgan fingerprint density at radius 2 is 2.25 bits per heavy atom. The van der Waals surface area contributed by atoms with Crippen molar-refractivity contribution in [1.82, 2.24) is 4.90 Å². The Morgan fingerprint density at radius 1 is 1.50 bits per heavy atom. The minimum atomic E-state index is -0.0316. The number of amides is 1. The summed E-state index contributed by atoms with van der Waals surface area (Å²) in [7, 11) is 3.45. The number of methoxy groups -OCH3 is 1. The summed E-state index contributed by atoms with van der Waals surface area (Å²) < 4.78 is 6.98. The Balaban J connectivity index is 2.24. The summed E-state index contributed by atoms with van der Waals surface area (Å²) in [4.78, 5) is 14.7. The predicted octanol–water partition coefficient (Wildman–Crippen LogP) is 3.35. The monoisotopic (exact) mass is 356 g/mol. The van der Waals surface area contributed by atoms with Gasteiger partial charge >= 0.3 is 0 Å². The molecule has 0 unspecified atom stereocenters. The summed E-state index contributed by atoms with van der Waals surface area (Å²) in [6.07, 6.45) is 0.815. The van der Waals surface area contributed by atoms with Gasteiger partial charge in [0, 0.05) is 41.9 Å². The summed E-state index contributed by atoms with van der Waals surface area (Å²) in [5, 5.41) is 0.929. The first-order chi connectivity index (χ1) is 9.54. The normalized spacial score (nSPS) is 10.9. The fourth-order valence-electron chi connectivity index (χ4n) is 1.97. The largest absolute Gasteiger partial charge is 0.397 e. The zero-order valence-corrected chi connectivity index (χ0v) is 13.9. The number of hydrogen-bond donors (Lipinski definition) is 1. The number of fused-ring (bicyclic) bond motifs is 1. The maximum absolute atomic E-state index is 12.4. The second-order valence-corrected chi connectivity index (χ2v) is 6.53. The predicted molar refractivity (Wildman–Crippen MR) is 87.4 cm³/mol. The van der Waals surface area contributed by atoms with E-state index in [9.17, 15) is 4.79 Å². The molecule has 0 fully saturated rings. The Bertz CT molecular complexity index is 627. The Hall–Kier alpha value is -1.11. The molecule has 0 bridgehead atoms. The zero-order valence-electron chi connectivity index (χ0n) is 11.5. The molecule has 20 heavy (non-hydrogen) atoms. The van der Waals surface area contributed by atoms with Crippen LogP contribution in [0.5, 0.6) is 0 Å². The minimum Gasteiger partial charge on any atom is -0.397 e. The van der Waals surface area contributed by atoms with Crippen molar-refractivity contribution in [2.75, 3.05) is 33.0 Å². The molecule has 0 radical (unpaired) electrons. The molecule has 0 saturated carbocycles. The van der Waals surface area contributed by atoms with Crippen LogP contribution >= 0.6 is 27.3 Å². The number of nitrogens with zero attached hydrogens (tertiary/aromatic N) is 1. The lowest BCUT2D eigenvalue weighted by Gasteiger charge is -2.16. The van der Waals surface area contributed by atoms with E-state index in [1.165, 1.54) is 11.3 Å². The maximum Gasteiger partial charge on any atom is 0.265 e. The summed E-state index contributed by atoms with van der Waals surface area (Å²) in [5.74, 6) is -0.0316. The number of rotatable bonds is 5. The molecule has 2 rings (SSSR count). The molecule has 6 heteroatoms. The van der Waals surface area contributed by atoms with Gasteiger partial charge in [0.15, 0.2) is 0 Å². The number of nitrogens with two attached hydrogens (primary N) is 1. The van der Waals surface area contributed by atoms with Crippen LogP contribution in [-0.2, 0) is 4.74 Å². The molecule has 108 valence electrons. The van der Waals surface area contributed by atoms with Gasteiger partial charge in [0.2, 0.25) is 0 Å². The van der Waals surface area contributed by atoms with Crippen molar-refractivity contribution in [3.63, 3.8) is 0 Å². The van der Waals surface area contributed by atoms with Gasteiger partial charge in [-0.2, -0.15) is 0 Å². The van der Waals surface area contributed by atoms with Gasteiger partial charge in [0.05, 0.1) is 5.69 Å². The quantitative estimate of drug-likeness (QED) is 0.835. The van der Waals surface area contributed by atoms with E-state index in [0.29, 0.717) is 23.7 Å². The molecule has 0 spiro atoms. The third-order valence-electron chi connectivity index (χ3n) is 3.07. The molecular formula is C14H17BrN2O2S. The third-order valence-corrected chi connectivity index (χ3v) is 4.74. The van der Waals surface area contributed by atoms with Crippen LogP contribution in [0.4, 0.5) is 5.69 Å². The summed E-state index contributed by atoms with van der Waals surface area (Å²) in [5.41, 5.74) is 6.68. The topological polar surface area (TPSA) is 55.6 Å². The molecule has 4 nitrogen and oxygen atoms in total. The van der Waals surface area contributed by atoms with E-state index in [1.54, 1.807) is 19.1 Å². The van der Waals surface area contributed by atoms with Crippen LogP contribution in [-0.4, -0.2) is 38.1 Å². The van der Waals surface area contributed by atoms with Crippen molar-refractivity contribution in [3.8, 4) is 0 Å². The van der Waals surface area contributed by atoms with E-state index in [0.717, 1.165) is 21.0 Å². The van der Waals surface area contributed by atoms with Crippen molar-refractivity contribution < 1.29 is 9.53 Å². The fourth-order valence-corrected chi connectivity index (χ4v) is 3.43. The molecule has 1 aromatic heterocycles. The fraction of sp³-hybridized carbons (Fsp3) is 0.357. The lowest BCUT2D eigenvalue weighted by atomic mass is 10.2. The average molecular weight is 357 g/mol. The minimum absolute atomic E-state index is 0.0316. The Labute approximate surface area is 130 Å². The van der Waals surface area contributed by atoms with Gasteiger partial charge in [-0.25, -0.2) is 0 Å². The van der Waals surface area contributed by atoms with Gasteiger partial charge in [-0.3, -0.25) is 4.79 Å².